The molecule has 3 heterocycles. The number of fused-ring (bicyclic) bond motifs is 2. The Morgan fingerprint density at radius 2 is 1.74 bits per heavy atom. The molecule has 0 fully saturated rings. The Labute approximate surface area is 243 Å². The number of urea groups is 1. The van der Waals surface area contributed by atoms with E-state index < -0.39 is 12.1 Å². The van der Waals surface area contributed by atoms with Gasteiger partial charge in [0.2, 0.25) is 6.79 Å². The number of amides is 4. The minimum Gasteiger partial charge on any atom is -0.487 e. The number of rotatable bonds is 7. The number of ether oxygens (including phenoxy) is 3. The van der Waals surface area contributed by atoms with Crippen molar-refractivity contribution in [1.82, 2.24) is 14.8 Å². The maximum absolute atomic E-state index is 13.7. The Morgan fingerprint density at radius 3 is 2.48 bits per heavy atom. The smallest absolute Gasteiger partial charge is 0.321 e. The van der Waals surface area contributed by atoms with Crippen molar-refractivity contribution in [2.75, 3.05) is 44.2 Å². The fraction of sp³-hybridized carbons (Fsp3) is 0.333. The number of likely N-dealkylation sites (N-methyl/N-ethyl adjacent to an activating group) is 1. The highest BCUT2D eigenvalue weighted by Gasteiger charge is 2.34. The van der Waals surface area contributed by atoms with Crippen LogP contribution in [0.4, 0.5) is 16.2 Å². The molecule has 2 aromatic carbocycles. The summed E-state index contributed by atoms with van der Waals surface area (Å²) in [5, 5.41) is 15.6. The third-order valence-corrected chi connectivity index (χ3v) is 7.29. The largest absolute Gasteiger partial charge is 0.487 e. The topological polar surface area (TPSA) is 143 Å². The molecule has 0 radical (unpaired) electrons. The Hall–Kier alpha value is -4.84. The van der Waals surface area contributed by atoms with Gasteiger partial charge >= 0.3 is 6.03 Å². The summed E-state index contributed by atoms with van der Waals surface area (Å²) in [6.45, 7) is 4.12. The number of anilines is 2. The van der Waals surface area contributed by atoms with Crippen molar-refractivity contribution in [2.24, 2.45) is 5.92 Å². The molecule has 12 nitrogen and oxygen atoms in total. The van der Waals surface area contributed by atoms with Crippen LogP contribution >= 0.6 is 0 Å². The number of benzene rings is 2. The monoisotopic (exact) mass is 575 g/mol. The second-order valence-corrected chi connectivity index (χ2v) is 10.4. The van der Waals surface area contributed by atoms with Crippen molar-refractivity contribution in [3.8, 4) is 17.2 Å². The van der Waals surface area contributed by atoms with Gasteiger partial charge in [-0.1, -0.05) is 6.92 Å². The Kier molecular flexibility index (Phi) is 8.43. The van der Waals surface area contributed by atoms with Gasteiger partial charge in [0.15, 0.2) is 11.5 Å². The molecule has 5 rings (SSSR count). The first-order chi connectivity index (χ1) is 20.2. The first kappa shape index (κ1) is 28.7. The third-order valence-electron chi connectivity index (χ3n) is 7.29. The summed E-state index contributed by atoms with van der Waals surface area (Å²) in [6.07, 6.45) is 2.55. The van der Waals surface area contributed by atoms with Crippen molar-refractivity contribution in [2.45, 2.75) is 26.0 Å². The molecular weight excluding hydrogens is 542 g/mol. The maximum atomic E-state index is 13.7. The van der Waals surface area contributed by atoms with E-state index in [1.165, 1.54) is 17.3 Å². The quantitative estimate of drug-likeness (QED) is 0.389. The summed E-state index contributed by atoms with van der Waals surface area (Å²) in [5.41, 5.74) is 1.63. The molecule has 2 aliphatic rings. The number of carbonyl (C=O) groups excluding carboxylic acids is 3. The van der Waals surface area contributed by atoms with Gasteiger partial charge in [0.1, 0.15) is 11.9 Å². The molecule has 4 amide bonds. The zero-order valence-corrected chi connectivity index (χ0v) is 23.6. The highest BCUT2D eigenvalue weighted by Crippen LogP contribution is 2.34. The molecule has 0 saturated carbocycles. The number of carbonyl (C=O) groups is 3. The predicted octanol–water partition coefficient (Wildman–Crippen LogP) is 3.45. The molecule has 220 valence electrons. The van der Waals surface area contributed by atoms with Gasteiger partial charge in [-0.25, -0.2) is 4.79 Å². The highest BCUT2D eigenvalue weighted by atomic mass is 16.7. The van der Waals surface area contributed by atoms with Crippen LogP contribution in [-0.4, -0.2) is 83.4 Å². The highest BCUT2D eigenvalue weighted by molar-refractivity contribution is 6.05. The average Bonchev–Trinajstić information content (AvgIpc) is 3.47. The number of aliphatic hydroxyl groups is 1. The van der Waals surface area contributed by atoms with E-state index in [4.69, 9.17) is 14.2 Å². The number of hydrogen-bond acceptors (Lipinski definition) is 8. The lowest BCUT2D eigenvalue weighted by Gasteiger charge is -2.38. The van der Waals surface area contributed by atoms with E-state index in [0.717, 1.165) is 0 Å². The van der Waals surface area contributed by atoms with Crippen LogP contribution in [0.2, 0.25) is 0 Å². The number of hydrogen-bond donors (Lipinski definition) is 3. The van der Waals surface area contributed by atoms with Gasteiger partial charge in [-0.05, 0) is 49.4 Å². The zero-order chi connectivity index (χ0) is 29.8. The van der Waals surface area contributed by atoms with Gasteiger partial charge in [-0.3, -0.25) is 14.6 Å². The predicted molar refractivity (Wildman–Crippen MR) is 154 cm³/mol. The Morgan fingerprint density at radius 1 is 1.05 bits per heavy atom. The lowest BCUT2D eigenvalue weighted by molar-refractivity contribution is 0.0371. The molecule has 1 aromatic heterocycles. The van der Waals surface area contributed by atoms with E-state index in [1.807, 2.05) is 6.92 Å². The molecule has 2 aliphatic heterocycles. The van der Waals surface area contributed by atoms with E-state index in [-0.39, 0.29) is 55.8 Å². The minimum atomic E-state index is -0.491. The molecule has 3 N–H and O–H groups in total. The first-order valence-corrected chi connectivity index (χ1v) is 13.6. The van der Waals surface area contributed by atoms with Gasteiger partial charge in [-0.2, -0.15) is 0 Å². The first-order valence-electron chi connectivity index (χ1n) is 13.6. The Balaban J connectivity index is 1.36. The molecule has 0 spiro atoms. The molecule has 3 atom stereocenters. The molecule has 0 unspecified atom stereocenters. The lowest BCUT2D eigenvalue weighted by Crippen LogP contribution is -2.50. The van der Waals surface area contributed by atoms with Crippen LogP contribution in [-0.2, 0) is 0 Å². The van der Waals surface area contributed by atoms with Gasteiger partial charge in [0, 0.05) is 54.9 Å². The van der Waals surface area contributed by atoms with Crippen LogP contribution in [0, 0.1) is 5.92 Å². The van der Waals surface area contributed by atoms with Crippen molar-refractivity contribution in [3.05, 3.63) is 72.1 Å². The zero-order valence-electron chi connectivity index (χ0n) is 23.6. The number of aliphatic hydroxyl groups excluding tert-OH is 1. The van der Waals surface area contributed by atoms with Crippen molar-refractivity contribution in [1.29, 1.82) is 0 Å². The van der Waals surface area contributed by atoms with Gasteiger partial charge in [0.05, 0.1) is 24.8 Å². The van der Waals surface area contributed by atoms with Crippen LogP contribution in [0.1, 0.15) is 34.6 Å². The molecular formula is C30H33N5O7. The third kappa shape index (κ3) is 6.23. The summed E-state index contributed by atoms with van der Waals surface area (Å²) in [6, 6.07) is 12.4. The number of nitrogens with zero attached hydrogens (tertiary/aromatic N) is 3. The fourth-order valence-electron chi connectivity index (χ4n) is 4.77. The van der Waals surface area contributed by atoms with Crippen LogP contribution in [0.25, 0.3) is 0 Å². The summed E-state index contributed by atoms with van der Waals surface area (Å²) < 4.78 is 17.1. The SMILES string of the molecule is C[C@H]1CN([C@@H](C)CO)C(=O)c2cc(NC(=O)c3ccncc3)ccc2O[C@@H]1CN(C)C(=O)Nc1ccc2c(c1)OCO2. The van der Waals surface area contributed by atoms with Gasteiger partial charge in [0.25, 0.3) is 11.8 Å². The second kappa shape index (κ2) is 12.4. The summed E-state index contributed by atoms with van der Waals surface area (Å²) >= 11 is 0. The van der Waals surface area contributed by atoms with E-state index in [0.29, 0.717) is 34.2 Å². The van der Waals surface area contributed by atoms with Crippen molar-refractivity contribution < 1.29 is 33.7 Å². The van der Waals surface area contributed by atoms with Gasteiger partial charge < -0.3 is 39.8 Å². The molecule has 3 aromatic rings. The molecule has 0 saturated heterocycles. The molecule has 42 heavy (non-hydrogen) atoms. The van der Waals surface area contributed by atoms with E-state index in [1.54, 1.807) is 67.4 Å². The number of nitrogens with one attached hydrogen (secondary N) is 2. The maximum Gasteiger partial charge on any atom is 0.321 e. The van der Waals surface area contributed by atoms with E-state index in [2.05, 4.69) is 15.6 Å². The second-order valence-electron chi connectivity index (χ2n) is 10.4. The number of pyridine rings is 1. The summed E-state index contributed by atoms with van der Waals surface area (Å²) in [4.78, 5) is 46.5. The van der Waals surface area contributed by atoms with E-state index in [9.17, 15) is 19.5 Å². The van der Waals surface area contributed by atoms with Crippen molar-refractivity contribution >= 4 is 29.2 Å². The van der Waals surface area contributed by atoms with Gasteiger partial charge in [-0.15, -0.1) is 0 Å². The molecule has 12 heteroatoms. The van der Waals surface area contributed by atoms with Crippen LogP contribution < -0.4 is 24.8 Å². The van der Waals surface area contributed by atoms with E-state index >= 15 is 0 Å². The number of aromatic nitrogens is 1. The molecule has 0 bridgehead atoms. The summed E-state index contributed by atoms with van der Waals surface area (Å²) in [7, 11) is 1.66. The minimum absolute atomic E-state index is 0.137. The average molecular weight is 576 g/mol. The van der Waals surface area contributed by atoms with Crippen molar-refractivity contribution in [3.63, 3.8) is 0 Å². The Bertz CT molecular complexity index is 1470. The lowest BCUT2D eigenvalue weighted by atomic mass is 9.99. The normalized spacial score (nSPS) is 18.2. The molecule has 0 aliphatic carbocycles. The van der Waals surface area contributed by atoms with Crippen LogP contribution in [0.3, 0.4) is 0 Å². The summed E-state index contributed by atoms with van der Waals surface area (Å²) in [5.74, 6) is 0.627. The van der Waals surface area contributed by atoms with Crippen LogP contribution in [0.15, 0.2) is 60.9 Å². The van der Waals surface area contributed by atoms with Crippen LogP contribution in [0.5, 0.6) is 17.2 Å². The fourth-order valence-corrected chi connectivity index (χ4v) is 4.77. The standard InChI is InChI=1S/C30H33N5O7/c1-18-14-35(19(2)16-36)29(38)23-12-21(32-28(37)20-8-10-31-11-9-20)4-6-24(23)42-27(18)15-34(3)30(39)33-22-5-7-25-26(13-22)41-17-40-25/h4-13,18-19,27,36H,14-17H2,1-3H3,(H,32,37)(H,33,39)/t18-,19-,27+/m0/s1.